The van der Waals surface area contributed by atoms with E-state index in [0.29, 0.717) is 18.7 Å². The van der Waals surface area contributed by atoms with E-state index in [1.807, 2.05) is 11.6 Å². The topological polar surface area (TPSA) is 68.1 Å². The summed E-state index contributed by atoms with van der Waals surface area (Å²) in [6.07, 6.45) is 3.21. The van der Waals surface area contributed by atoms with Crippen molar-refractivity contribution in [1.82, 2.24) is 19.1 Å². The van der Waals surface area contributed by atoms with Crippen molar-refractivity contribution in [2.24, 2.45) is 7.05 Å². The fraction of sp³-hybridized carbons (Fsp3) is 0.467. The maximum atomic E-state index is 13.5. The van der Waals surface area contributed by atoms with Gasteiger partial charge in [-0.3, -0.25) is 0 Å². The molecule has 0 spiro atoms. The third-order valence-corrected chi connectivity index (χ3v) is 6.27. The van der Waals surface area contributed by atoms with Gasteiger partial charge >= 0.3 is 0 Å². The molecule has 0 amide bonds. The number of halogens is 1. The first-order valence-corrected chi connectivity index (χ1v) is 8.94. The number of hydrogen-bond donors (Lipinski definition) is 0. The second kappa shape index (κ2) is 6.01. The second-order valence-corrected chi connectivity index (χ2v) is 7.82. The Kier molecular flexibility index (Phi) is 4.20. The molecule has 1 aliphatic heterocycles. The molecule has 23 heavy (non-hydrogen) atoms. The van der Waals surface area contributed by atoms with Crippen molar-refractivity contribution in [1.29, 1.82) is 0 Å². The van der Waals surface area contributed by atoms with Gasteiger partial charge < -0.3 is 4.57 Å². The van der Waals surface area contributed by atoms with Crippen molar-refractivity contribution in [2.45, 2.75) is 30.6 Å². The minimum absolute atomic E-state index is 0.000102. The van der Waals surface area contributed by atoms with E-state index in [9.17, 15) is 12.8 Å². The molecule has 1 saturated heterocycles. The number of sulfonamides is 1. The first-order chi connectivity index (χ1) is 10.9. The lowest BCUT2D eigenvalue weighted by Gasteiger charge is -2.31. The summed E-state index contributed by atoms with van der Waals surface area (Å²) in [5.41, 5.74) is 0.548. The van der Waals surface area contributed by atoms with Crippen LogP contribution in [-0.2, 0) is 17.1 Å². The summed E-state index contributed by atoms with van der Waals surface area (Å²) in [6.45, 7) is 2.45. The van der Waals surface area contributed by atoms with Gasteiger partial charge in [-0.25, -0.2) is 12.8 Å². The monoisotopic (exact) mass is 338 g/mol. The zero-order valence-corrected chi connectivity index (χ0v) is 13.9. The van der Waals surface area contributed by atoms with Crippen LogP contribution in [0.3, 0.4) is 0 Å². The van der Waals surface area contributed by atoms with Crippen LogP contribution in [0.25, 0.3) is 0 Å². The van der Waals surface area contributed by atoms with E-state index in [0.717, 1.165) is 24.7 Å². The summed E-state index contributed by atoms with van der Waals surface area (Å²) in [4.78, 5) is 0.0381. The molecule has 1 aliphatic rings. The second-order valence-electron chi connectivity index (χ2n) is 5.91. The van der Waals surface area contributed by atoms with Gasteiger partial charge in [-0.15, -0.1) is 10.2 Å². The lowest BCUT2D eigenvalue weighted by Crippen LogP contribution is -2.40. The number of benzene rings is 1. The Labute approximate surface area is 135 Å². The molecule has 1 fully saturated rings. The van der Waals surface area contributed by atoms with Crippen molar-refractivity contribution < 1.29 is 12.8 Å². The lowest BCUT2D eigenvalue weighted by molar-refractivity contribution is 0.306. The normalized spacial score (nSPS) is 19.9. The van der Waals surface area contributed by atoms with Crippen molar-refractivity contribution in [3.63, 3.8) is 0 Å². The summed E-state index contributed by atoms with van der Waals surface area (Å²) < 4.78 is 42.5. The summed E-state index contributed by atoms with van der Waals surface area (Å²) in [6, 6.07) is 3.86. The van der Waals surface area contributed by atoms with Crippen LogP contribution >= 0.6 is 0 Å². The quantitative estimate of drug-likeness (QED) is 0.856. The number of hydrogen-bond acceptors (Lipinski definition) is 4. The van der Waals surface area contributed by atoms with Crippen molar-refractivity contribution in [2.75, 3.05) is 13.1 Å². The molecule has 0 bridgehead atoms. The average Bonchev–Trinajstić information content (AvgIpc) is 2.96. The zero-order chi connectivity index (χ0) is 16.6. The highest BCUT2D eigenvalue weighted by molar-refractivity contribution is 7.89. The molecular weight excluding hydrogens is 319 g/mol. The van der Waals surface area contributed by atoms with Gasteiger partial charge in [0.2, 0.25) is 10.0 Å². The van der Waals surface area contributed by atoms with Gasteiger partial charge in [0, 0.05) is 26.1 Å². The van der Waals surface area contributed by atoms with Crippen LogP contribution in [0, 0.1) is 12.7 Å². The lowest BCUT2D eigenvalue weighted by atomic mass is 9.99. The van der Waals surface area contributed by atoms with E-state index in [-0.39, 0.29) is 10.8 Å². The average molecular weight is 338 g/mol. The molecule has 1 aromatic carbocycles. The van der Waals surface area contributed by atoms with E-state index in [4.69, 9.17) is 0 Å². The fourth-order valence-electron chi connectivity index (χ4n) is 3.02. The molecule has 2 heterocycles. The van der Waals surface area contributed by atoms with Gasteiger partial charge in [-0.2, -0.15) is 4.31 Å². The van der Waals surface area contributed by atoms with Crippen LogP contribution in [-0.4, -0.2) is 40.6 Å². The maximum absolute atomic E-state index is 13.5. The minimum atomic E-state index is -3.72. The Morgan fingerprint density at radius 1 is 1.35 bits per heavy atom. The largest absolute Gasteiger partial charge is 0.320 e. The van der Waals surface area contributed by atoms with Crippen molar-refractivity contribution in [3.05, 3.63) is 41.7 Å². The van der Waals surface area contributed by atoms with Gasteiger partial charge in [-0.1, -0.05) is 6.07 Å². The van der Waals surface area contributed by atoms with E-state index in [1.54, 1.807) is 13.3 Å². The van der Waals surface area contributed by atoms with Crippen LogP contribution in [0.2, 0.25) is 0 Å². The third-order valence-electron chi connectivity index (χ3n) is 4.26. The summed E-state index contributed by atoms with van der Waals surface area (Å²) >= 11 is 0. The number of aromatic nitrogens is 3. The Morgan fingerprint density at radius 3 is 2.83 bits per heavy atom. The first-order valence-electron chi connectivity index (χ1n) is 7.50. The Balaban J connectivity index is 1.91. The van der Waals surface area contributed by atoms with Gasteiger partial charge in [0.25, 0.3) is 0 Å². The SMILES string of the molecule is Cc1ccc(F)cc1S(=O)(=O)N1CCCC(c2nncn2C)C1. The van der Waals surface area contributed by atoms with Crippen molar-refractivity contribution >= 4 is 10.0 Å². The summed E-state index contributed by atoms with van der Waals surface area (Å²) in [7, 11) is -1.87. The molecule has 0 aliphatic carbocycles. The van der Waals surface area contributed by atoms with Crippen molar-refractivity contribution in [3.8, 4) is 0 Å². The number of aryl methyl sites for hydroxylation is 2. The Hall–Kier alpha value is -1.80. The molecule has 2 aromatic rings. The molecule has 0 radical (unpaired) electrons. The van der Waals surface area contributed by atoms with E-state index in [2.05, 4.69) is 10.2 Å². The molecule has 6 nitrogen and oxygen atoms in total. The smallest absolute Gasteiger partial charge is 0.243 e. The van der Waals surface area contributed by atoms with Crippen LogP contribution in [0.1, 0.15) is 30.1 Å². The highest BCUT2D eigenvalue weighted by Gasteiger charge is 2.33. The minimum Gasteiger partial charge on any atom is -0.320 e. The zero-order valence-electron chi connectivity index (χ0n) is 13.1. The maximum Gasteiger partial charge on any atom is 0.243 e. The predicted octanol–water partition coefficient (Wildman–Crippen LogP) is 1.83. The highest BCUT2D eigenvalue weighted by atomic mass is 32.2. The molecule has 1 unspecified atom stereocenters. The van der Waals surface area contributed by atoms with Gasteiger partial charge in [-0.05, 0) is 37.5 Å². The molecule has 8 heteroatoms. The van der Waals surface area contributed by atoms with E-state index < -0.39 is 15.8 Å². The predicted molar refractivity (Wildman–Crippen MR) is 82.9 cm³/mol. The number of piperidine rings is 1. The molecule has 3 rings (SSSR count). The van der Waals surface area contributed by atoms with Gasteiger partial charge in [0.15, 0.2) is 0 Å². The molecule has 0 saturated carbocycles. The summed E-state index contributed by atoms with van der Waals surface area (Å²) in [5.74, 6) is 0.233. The fourth-order valence-corrected chi connectivity index (χ4v) is 4.78. The molecule has 0 N–H and O–H groups in total. The third kappa shape index (κ3) is 3.00. The molecular formula is C15H19FN4O2S. The number of nitrogens with zero attached hydrogens (tertiary/aromatic N) is 4. The van der Waals surface area contributed by atoms with E-state index >= 15 is 0 Å². The standard InChI is InChI=1S/C15H19FN4O2S/c1-11-5-6-13(16)8-14(11)23(21,22)20-7-3-4-12(9-20)15-18-17-10-19(15)2/h5-6,8,10,12H,3-4,7,9H2,1-2H3. The highest BCUT2D eigenvalue weighted by Crippen LogP contribution is 2.30. The Bertz CT molecular complexity index is 819. The van der Waals surface area contributed by atoms with Crippen LogP contribution in [0.5, 0.6) is 0 Å². The summed E-state index contributed by atoms with van der Waals surface area (Å²) in [5, 5.41) is 7.96. The van der Waals surface area contributed by atoms with Gasteiger partial charge in [0.05, 0.1) is 4.90 Å². The molecule has 1 aromatic heterocycles. The Morgan fingerprint density at radius 2 is 2.13 bits per heavy atom. The van der Waals surface area contributed by atoms with Crippen LogP contribution < -0.4 is 0 Å². The van der Waals surface area contributed by atoms with E-state index in [1.165, 1.54) is 16.4 Å². The van der Waals surface area contributed by atoms with Gasteiger partial charge in [0.1, 0.15) is 18.0 Å². The van der Waals surface area contributed by atoms with Crippen LogP contribution in [0.15, 0.2) is 29.4 Å². The first kappa shape index (κ1) is 16.1. The van der Waals surface area contributed by atoms with Crippen LogP contribution in [0.4, 0.5) is 4.39 Å². The molecule has 124 valence electrons. The molecule has 1 atom stereocenters. The number of rotatable bonds is 3.